The van der Waals surface area contributed by atoms with Crippen LogP contribution < -0.4 is 5.32 Å². The van der Waals surface area contributed by atoms with Crippen LogP contribution in [0.5, 0.6) is 0 Å². The third-order valence-electron chi connectivity index (χ3n) is 4.29. The van der Waals surface area contributed by atoms with Gasteiger partial charge in [0.15, 0.2) is 0 Å². The first kappa shape index (κ1) is 11.9. The summed E-state index contributed by atoms with van der Waals surface area (Å²) in [4.78, 5) is 14.6. The van der Waals surface area contributed by atoms with E-state index in [-0.39, 0.29) is 5.91 Å². The van der Waals surface area contributed by atoms with Crippen molar-refractivity contribution < 1.29 is 4.79 Å². The molecule has 3 nitrogen and oxygen atoms in total. The molecule has 2 rings (SSSR count). The van der Waals surface area contributed by atoms with Gasteiger partial charge < -0.3 is 10.2 Å². The first-order valence-electron chi connectivity index (χ1n) is 6.46. The van der Waals surface area contributed by atoms with E-state index in [9.17, 15) is 4.79 Å². The van der Waals surface area contributed by atoms with Gasteiger partial charge in [0, 0.05) is 24.5 Å². The van der Waals surface area contributed by atoms with Crippen LogP contribution in [0.25, 0.3) is 0 Å². The number of carbonyl (C=O) groups excluding carboxylic acids is 1. The highest BCUT2D eigenvalue weighted by molar-refractivity contribution is 5.86. The highest BCUT2D eigenvalue weighted by Crippen LogP contribution is 2.47. The third-order valence-corrected chi connectivity index (χ3v) is 4.29. The van der Waals surface area contributed by atoms with Gasteiger partial charge in [0.1, 0.15) is 0 Å². The third kappa shape index (κ3) is 1.97. The van der Waals surface area contributed by atoms with Gasteiger partial charge in [-0.3, -0.25) is 4.79 Å². The van der Waals surface area contributed by atoms with Gasteiger partial charge in [-0.05, 0) is 40.0 Å². The lowest BCUT2D eigenvalue weighted by atomic mass is 10.0. The van der Waals surface area contributed by atoms with Crippen LogP contribution in [0, 0.1) is 5.41 Å². The maximum atomic E-state index is 12.4. The molecule has 1 N–H and O–H groups in total. The Hall–Kier alpha value is -0.570. The molecule has 3 heteroatoms. The normalized spacial score (nSPS) is 29.0. The Labute approximate surface area is 98.6 Å². The first-order valence-corrected chi connectivity index (χ1v) is 6.46. The SMILES string of the molecule is CCC(C)N1CC2(CC2)CNC(C)(C)C1=O. The quantitative estimate of drug-likeness (QED) is 0.775. The molecule has 0 aromatic heterocycles. The van der Waals surface area contributed by atoms with Crippen LogP contribution in [0.3, 0.4) is 0 Å². The monoisotopic (exact) mass is 224 g/mol. The number of nitrogens with zero attached hydrogens (tertiary/aromatic N) is 1. The van der Waals surface area contributed by atoms with Crippen molar-refractivity contribution in [2.75, 3.05) is 13.1 Å². The van der Waals surface area contributed by atoms with Crippen molar-refractivity contribution in [1.29, 1.82) is 0 Å². The lowest BCUT2D eigenvalue weighted by Gasteiger charge is -2.33. The summed E-state index contributed by atoms with van der Waals surface area (Å²) in [5.74, 6) is 0.269. The summed E-state index contributed by atoms with van der Waals surface area (Å²) in [6.07, 6.45) is 3.59. The minimum atomic E-state index is -0.393. The smallest absolute Gasteiger partial charge is 0.242 e. The molecule has 16 heavy (non-hydrogen) atoms. The predicted octanol–water partition coefficient (Wildman–Crippen LogP) is 1.78. The average molecular weight is 224 g/mol. The molecule has 1 saturated heterocycles. The van der Waals surface area contributed by atoms with Crippen LogP contribution >= 0.6 is 0 Å². The zero-order valence-electron chi connectivity index (χ0n) is 11.0. The van der Waals surface area contributed by atoms with E-state index in [4.69, 9.17) is 0 Å². The lowest BCUT2D eigenvalue weighted by molar-refractivity contribution is -0.138. The molecule has 1 spiro atoms. The van der Waals surface area contributed by atoms with Gasteiger partial charge in [-0.1, -0.05) is 6.92 Å². The van der Waals surface area contributed by atoms with E-state index in [2.05, 4.69) is 24.1 Å². The molecule has 1 heterocycles. The van der Waals surface area contributed by atoms with E-state index in [1.165, 1.54) is 12.8 Å². The summed E-state index contributed by atoms with van der Waals surface area (Å²) in [5.41, 5.74) is 0.00236. The zero-order valence-corrected chi connectivity index (χ0v) is 11.0. The van der Waals surface area contributed by atoms with E-state index in [1.807, 2.05) is 13.8 Å². The van der Waals surface area contributed by atoms with Crippen LogP contribution in [0.15, 0.2) is 0 Å². The number of hydrogen-bond acceptors (Lipinski definition) is 2. The highest BCUT2D eigenvalue weighted by atomic mass is 16.2. The standard InChI is InChI=1S/C13H24N2O/c1-5-10(2)15-9-13(6-7-13)8-14-12(3,4)11(15)16/h10,14H,5-9H2,1-4H3. The summed E-state index contributed by atoms with van der Waals surface area (Å²) in [5, 5.41) is 3.44. The van der Waals surface area contributed by atoms with Crippen LogP contribution in [0.1, 0.15) is 47.0 Å². The number of carbonyl (C=O) groups is 1. The fourth-order valence-corrected chi connectivity index (χ4v) is 2.42. The first-order chi connectivity index (χ1) is 7.40. The zero-order chi connectivity index (χ0) is 12.0. The van der Waals surface area contributed by atoms with Crippen molar-refractivity contribution in [1.82, 2.24) is 10.2 Å². The minimum Gasteiger partial charge on any atom is -0.338 e. The van der Waals surface area contributed by atoms with E-state index in [0.717, 1.165) is 19.5 Å². The molecule has 1 aliphatic heterocycles. The van der Waals surface area contributed by atoms with Crippen LogP contribution in [0.2, 0.25) is 0 Å². The van der Waals surface area contributed by atoms with Gasteiger partial charge in [0.05, 0.1) is 5.54 Å². The second-order valence-corrected chi connectivity index (χ2v) is 6.17. The molecule has 2 aliphatic rings. The summed E-state index contributed by atoms with van der Waals surface area (Å²) < 4.78 is 0. The molecule has 0 aromatic rings. The average Bonchev–Trinajstić information content (AvgIpc) is 3.02. The van der Waals surface area contributed by atoms with Crippen LogP contribution in [-0.2, 0) is 4.79 Å². The number of rotatable bonds is 2. The number of amides is 1. The Morgan fingerprint density at radius 1 is 1.44 bits per heavy atom. The second kappa shape index (κ2) is 3.73. The van der Waals surface area contributed by atoms with Crippen molar-refractivity contribution in [3.63, 3.8) is 0 Å². The largest absolute Gasteiger partial charge is 0.338 e. The molecule has 0 aromatic carbocycles. The minimum absolute atomic E-state index is 0.269. The van der Waals surface area contributed by atoms with Gasteiger partial charge in [0.25, 0.3) is 0 Å². The second-order valence-electron chi connectivity index (χ2n) is 6.17. The molecular formula is C13H24N2O. The molecule has 1 unspecified atom stereocenters. The Bertz CT molecular complexity index is 294. The maximum absolute atomic E-state index is 12.4. The summed E-state index contributed by atoms with van der Waals surface area (Å²) >= 11 is 0. The molecule has 92 valence electrons. The summed E-state index contributed by atoms with van der Waals surface area (Å²) in [6, 6.07) is 0.365. The van der Waals surface area contributed by atoms with Gasteiger partial charge >= 0.3 is 0 Å². The van der Waals surface area contributed by atoms with Crippen molar-refractivity contribution >= 4 is 5.91 Å². The maximum Gasteiger partial charge on any atom is 0.242 e. The van der Waals surface area contributed by atoms with Crippen molar-refractivity contribution in [2.45, 2.75) is 58.5 Å². The van der Waals surface area contributed by atoms with E-state index >= 15 is 0 Å². The molecule has 1 atom stereocenters. The van der Waals surface area contributed by atoms with Gasteiger partial charge in [-0.15, -0.1) is 0 Å². The Kier molecular flexibility index (Phi) is 2.77. The Morgan fingerprint density at radius 2 is 2.06 bits per heavy atom. The van der Waals surface area contributed by atoms with Crippen molar-refractivity contribution in [2.24, 2.45) is 5.41 Å². The van der Waals surface area contributed by atoms with E-state index in [1.54, 1.807) is 0 Å². The lowest BCUT2D eigenvalue weighted by Crippen LogP contribution is -2.53. The fourth-order valence-electron chi connectivity index (χ4n) is 2.42. The van der Waals surface area contributed by atoms with Gasteiger partial charge in [-0.2, -0.15) is 0 Å². The topological polar surface area (TPSA) is 32.3 Å². The Balaban J connectivity index is 2.22. The van der Waals surface area contributed by atoms with Crippen molar-refractivity contribution in [3.8, 4) is 0 Å². The van der Waals surface area contributed by atoms with Crippen LogP contribution in [0.4, 0.5) is 0 Å². The molecule has 0 bridgehead atoms. The fraction of sp³-hybridized carbons (Fsp3) is 0.923. The molecular weight excluding hydrogens is 200 g/mol. The highest BCUT2D eigenvalue weighted by Gasteiger charge is 2.50. The summed E-state index contributed by atoms with van der Waals surface area (Å²) in [7, 11) is 0. The summed E-state index contributed by atoms with van der Waals surface area (Å²) in [6.45, 7) is 10.3. The molecule has 0 radical (unpaired) electrons. The predicted molar refractivity (Wildman–Crippen MR) is 65.2 cm³/mol. The number of hydrogen-bond donors (Lipinski definition) is 1. The van der Waals surface area contributed by atoms with Gasteiger partial charge in [-0.25, -0.2) is 0 Å². The Morgan fingerprint density at radius 3 is 2.56 bits per heavy atom. The molecule has 1 aliphatic carbocycles. The van der Waals surface area contributed by atoms with Crippen LogP contribution in [-0.4, -0.2) is 35.5 Å². The van der Waals surface area contributed by atoms with Gasteiger partial charge in [0.2, 0.25) is 5.91 Å². The molecule has 1 saturated carbocycles. The molecule has 2 fully saturated rings. The number of nitrogens with one attached hydrogen (secondary N) is 1. The molecule has 1 amide bonds. The van der Waals surface area contributed by atoms with E-state index < -0.39 is 5.54 Å². The van der Waals surface area contributed by atoms with E-state index in [0.29, 0.717) is 11.5 Å². The van der Waals surface area contributed by atoms with Crippen molar-refractivity contribution in [3.05, 3.63) is 0 Å².